The highest BCUT2D eigenvalue weighted by atomic mass is 35.5. The molecule has 0 amide bonds. The van der Waals surface area contributed by atoms with Crippen molar-refractivity contribution in [2.24, 2.45) is 9.98 Å². The number of halogens is 6. The zero-order chi connectivity index (χ0) is 45.7. The smallest absolute Gasteiger partial charge is 0.338 e. The molecule has 0 spiro atoms. The third-order valence-electron chi connectivity index (χ3n) is 10.4. The number of carbonyl (C=O) groups excluding carboxylic acids is 2. The van der Waals surface area contributed by atoms with Crippen LogP contribution in [0.5, 0.6) is 0 Å². The Kier molecular flexibility index (Phi) is 15.5. The number of carbonyl (C=O) groups is 2. The summed E-state index contributed by atoms with van der Waals surface area (Å²) in [7, 11) is 0. The number of benzene rings is 2. The van der Waals surface area contributed by atoms with Gasteiger partial charge in [-0.05, 0) is 38.1 Å². The summed E-state index contributed by atoms with van der Waals surface area (Å²) in [4.78, 5) is 47.3. The third-order valence-corrected chi connectivity index (χ3v) is 12.6. The van der Waals surface area contributed by atoms with Crippen molar-refractivity contribution in [1.29, 1.82) is 0 Å². The van der Waals surface area contributed by atoms with E-state index in [0.29, 0.717) is 44.2 Å². The first-order valence-electron chi connectivity index (χ1n) is 20.0. The van der Waals surface area contributed by atoms with Crippen molar-refractivity contribution in [3.8, 4) is 0 Å². The second-order valence-corrected chi connectivity index (χ2v) is 17.4. The summed E-state index contributed by atoms with van der Waals surface area (Å²) in [5.74, 6) is -1.44. The van der Waals surface area contributed by atoms with Crippen molar-refractivity contribution < 1.29 is 46.8 Å². The van der Waals surface area contributed by atoms with Crippen LogP contribution in [0.4, 0.5) is 17.6 Å². The van der Waals surface area contributed by atoms with E-state index in [1.807, 2.05) is 0 Å². The summed E-state index contributed by atoms with van der Waals surface area (Å²) < 4.78 is 65.8. The van der Waals surface area contributed by atoms with Gasteiger partial charge in [-0.25, -0.2) is 37.1 Å². The molecule has 64 heavy (non-hydrogen) atoms. The Hall–Kier alpha value is -4.80. The minimum atomic E-state index is -1.38. The molecule has 0 radical (unpaired) electrons. The molecule has 6 heterocycles. The van der Waals surface area contributed by atoms with E-state index < -0.39 is 60.2 Å². The Bertz CT molecular complexity index is 2270. The molecule has 0 saturated carbocycles. The topological polar surface area (TPSA) is 174 Å². The molecule has 4 N–H and O–H groups in total. The van der Waals surface area contributed by atoms with Crippen LogP contribution in [-0.4, -0.2) is 131 Å². The first kappa shape index (κ1) is 47.2. The van der Waals surface area contributed by atoms with E-state index in [2.05, 4.69) is 30.6 Å². The summed E-state index contributed by atoms with van der Waals surface area (Å²) in [6.07, 6.45) is -1.70. The Morgan fingerprint density at radius 1 is 0.719 bits per heavy atom. The maximum atomic E-state index is 13.9. The highest BCUT2D eigenvalue weighted by molar-refractivity contribution is 7.12. The van der Waals surface area contributed by atoms with Crippen molar-refractivity contribution in [2.75, 3.05) is 52.5 Å². The van der Waals surface area contributed by atoms with Gasteiger partial charge in [-0.2, -0.15) is 0 Å². The molecule has 2 unspecified atom stereocenters. The van der Waals surface area contributed by atoms with Gasteiger partial charge in [-0.3, -0.25) is 19.8 Å². The van der Waals surface area contributed by atoms with Gasteiger partial charge in [-0.1, -0.05) is 35.3 Å². The van der Waals surface area contributed by atoms with Crippen LogP contribution in [0.25, 0.3) is 0 Å². The maximum Gasteiger partial charge on any atom is 0.338 e. The highest BCUT2D eigenvalue weighted by Crippen LogP contribution is 2.39. The Morgan fingerprint density at radius 3 is 1.44 bits per heavy atom. The molecule has 340 valence electrons. The molecule has 2 saturated heterocycles. The fourth-order valence-electron chi connectivity index (χ4n) is 7.48. The van der Waals surface area contributed by atoms with Crippen molar-refractivity contribution >= 4 is 69.5 Å². The highest BCUT2D eigenvalue weighted by Gasteiger charge is 2.39. The molecule has 14 nitrogen and oxygen atoms in total. The molecule has 22 heteroatoms. The molecule has 2 fully saturated rings. The lowest BCUT2D eigenvalue weighted by Gasteiger charge is -2.29. The second kappa shape index (κ2) is 21.0. The van der Waals surface area contributed by atoms with Crippen LogP contribution in [0.2, 0.25) is 10.0 Å². The Labute approximate surface area is 383 Å². The maximum absolute atomic E-state index is 13.9. The van der Waals surface area contributed by atoms with Gasteiger partial charge in [-0.15, -0.1) is 22.7 Å². The number of β-amino-alcohol motifs (C(OH)–C–C–N with tert-alkyl or cyclic N) is 2. The molecule has 4 aliphatic heterocycles. The molecule has 6 atom stereocenters. The molecule has 4 aromatic rings. The van der Waals surface area contributed by atoms with E-state index in [0.717, 1.165) is 12.1 Å². The molecule has 8 rings (SSSR count). The lowest BCUT2D eigenvalue weighted by molar-refractivity contribution is -0.139. The Balaban J connectivity index is 0.000000191. The largest absolute Gasteiger partial charge is 0.463 e. The number of amidine groups is 2. The molecule has 2 aromatic carbocycles. The standard InChI is InChI=1S/2C21H21ClF2N4O3S/c2*1-2-31-21(30)17-15(9-28-8-14(24)16(29)10-28)26-19(20-25-5-6-32-20)27-18(17)12-4-3-11(23)7-13(12)22/h2*3-7,14,16,18,29H,2,8-10H2,1H3,(H,26,27)/t2*14-,16+,18?/m10/s1. The zero-order valence-corrected chi connectivity index (χ0v) is 37.3. The Morgan fingerprint density at radius 2 is 1.12 bits per heavy atom. The molecule has 0 aliphatic carbocycles. The summed E-state index contributed by atoms with van der Waals surface area (Å²) in [5, 5.41) is 30.9. The number of hydrogen-bond acceptors (Lipinski definition) is 16. The van der Waals surface area contributed by atoms with Crippen LogP contribution in [-0.2, 0) is 19.1 Å². The summed E-state index contributed by atoms with van der Waals surface area (Å²) in [6.45, 7) is 4.21. The van der Waals surface area contributed by atoms with Crippen molar-refractivity contribution in [3.05, 3.63) is 125 Å². The lowest BCUT2D eigenvalue weighted by Crippen LogP contribution is -2.39. The summed E-state index contributed by atoms with van der Waals surface area (Å²) in [5.41, 5.74) is 2.11. The third kappa shape index (κ3) is 10.8. The van der Waals surface area contributed by atoms with Gasteiger partial charge in [0, 0.05) is 95.0 Å². The number of ether oxygens (including phenoxy) is 2. The van der Waals surface area contributed by atoms with E-state index in [9.17, 15) is 37.4 Å². The number of aliphatic hydroxyl groups excluding tert-OH is 2. The predicted molar refractivity (Wildman–Crippen MR) is 234 cm³/mol. The van der Waals surface area contributed by atoms with E-state index in [1.165, 1.54) is 46.9 Å². The monoisotopic (exact) mass is 964 g/mol. The number of hydrogen-bond donors (Lipinski definition) is 4. The van der Waals surface area contributed by atoms with Crippen LogP contribution in [0.15, 0.2) is 92.1 Å². The fourth-order valence-corrected chi connectivity index (χ4v) is 9.20. The SMILES string of the molecule is CCOC(=O)C1=C(CN2C[C@@H](F)[C@@H](O)C2)NC(c2nccs2)=NC1c1ccc(F)cc1Cl.CCOC(=O)C1=C(CN2C[C@@H](O)[C@@H](F)C2)NC(c2nccs2)=NC1c1ccc(F)cc1Cl. The van der Waals surface area contributed by atoms with Gasteiger partial charge in [0.1, 0.15) is 36.1 Å². The van der Waals surface area contributed by atoms with E-state index in [-0.39, 0.29) is 73.7 Å². The van der Waals surface area contributed by atoms with E-state index >= 15 is 0 Å². The molecule has 0 bridgehead atoms. The van der Waals surface area contributed by atoms with Gasteiger partial charge >= 0.3 is 11.9 Å². The average molecular weight is 966 g/mol. The normalized spacial score (nSPS) is 23.8. The lowest BCUT2D eigenvalue weighted by atomic mass is 9.95. The van der Waals surface area contributed by atoms with Crippen molar-refractivity contribution in [2.45, 2.75) is 50.5 Å². The summed E-state index contributed by atoms with van der Waals surface area (Å²) in [6, 6.07) is 5.99. The molecule has 2 aromatic heterocycles. The number of aliphatic imine (C=N–C) groups is 2. The quantitative estimate of drug-likeness (QED) is 0.101. The van der Waals surface area contributed by atoms with Gasteiger partial charge < -0.3 is 30.3 Å². The van der Waals surface area contributed by atoms with Crippen LogP contribution < -0.4 is 10.6 Å². The number of likely N-dealkylation sites (tertiary alicyclic amines) is 2. The van der Waals surface area contributed by atoms with E-state index in [4.69, 9.17) is 32.7 Å². The van der Waals surface area contributed by atoms with Gasteiger partial charge in [0.25, 0.3) is 0 Å². The number of aromatic nitrogens is 2. The second-order valence-electron chi connectivity index (χ2n) is 14.8. The van der Waals surface area contributed by atoms with Crippen LogP contribution in [0.1, 0.15) is 47.1 Å². The predicted octanol–water partition coefficient (Wildman–Crippen LogP) is 5.72. The number of rotatable bonds is 12. The first-order chi connectivity index (χ1) is 30.7. The van der Waals surface area contributed by atoms with Gasteiger partial charge in [0.15, 0.2) is 21.7 Å². The average Bonchev–Trinajstić information content (AvgIpc) is 4.08. The molecular weight excluding hydrogens is 924 g/mol. The molecule has 4 aliphatic rings. The minimum absolute atomic E-state index is 0.0220. The number of esters is 2. The van der Waals surface area contributed by atoms with Gasteiger partial charge in [0.2, 0.25) is 0 Å². The van der Waals surface area contributed by atoms with Crippen LogP contribution in [0.3, 0.4) is 0 Å². The zero-order valence-electron chi connectivity index (χ0n) is 34.2. The van der Waals surface area contributed by atoms with Gasteiger partial charge in [0.05, 0.1) is 36.6 Å². The van der Waals surface area contributed by atoms with Crippen molar-refractivity contribution in [1.82, 2.24) is 30.4 Å². The first-order valence-corrected chi connectivity index (χ1v) is 22.5. The van der Waals surface area contributed by atoms with Crippen molar-refractivity contribution in [3.63, 3.8) is 0 Å². The number of nitrogens with zero attached hydrogens (tertiary/aromatic N) is 6. The fraction of sp³-hybridized carbons (Fsp3) is 0.381. The van der Waals surface area contributed by atoms with E-state index in [1.54, 1.807) is 46.8 Å². The minimum Gasteiger partial charge on any atom is -0.463 e. The summed E-state index contributed by atoms with van der Waals surface area (Å²) >= 11 is 15.4. The van der Waals surface area contributed by atoms with Crippen LogP contribution >= 0.6 is 45.9 Å². The number of aliphatic hydroxyl groups is 2. The van der Waals surface area contributed by atoms with Crippen LogP contribution in [0, 0.1) is 11.6 Å². The number of thiazole rings is 2. The number of alkyl halides is 2. The molecular formula is C42H42Cl2F4N8O6S2. The number of nitrogens with one attached hydrogen (secondary N) is 2.